The Bertz CT molecular complexity index is 371. The monoisotopic (exact) mass is 222 g/mol. The zero-order chi connectivity index (χ0) is 11.5. The van der Waals surface area contributed by atoms with Crippen molar-refractivity contribution in [1.82, 2.24) is 10.3 Å². The van der Waals surface area contributed by atoms with Crippen LogP contribution in [0.5, 0.6) is 5.75 Å². The summed E-state index contributed by atoms with van der Waals surface area (Å²) in [4.78, 5) is 14.5. The summed E-state index contributed by atoms with van der Waals surface area (Å²) in [7, 11) is 0. The van der Waals surface area contributed by atoms with Crippen LogP contribution in [-0.2, 0) is 0 Å². The van der Waals surface area contributed by atoms with Crippen LogP contribution in [0.1, 0.15) is 18.5 Å². The second kappa shape index (κ2) is 4.38. The van der Waals surface area contributed by atoms with E-state index in [2.05, 4.69) is 10.3 Å². The first kappa shape index (κ1) is 10.7. The van der Waals surface area contributed by atoms with Gasteiger partial charge in [-0.25, -0.2) is 4.79 Å². The van der Waals surface area contributed by atoms with Crippen LogP contribution in [0.25, 0.3) is 0 Å². The minimum Gasteiger partial charge on any atom is -0.489 e. The van der Waals surface area contributed by atoms with Crippen molar-refractivity contribution in [3.8, 4) is 5.75 Å². The Labute approximate surface area is 93.5 Å². The highest BCUT2D eigenvalue weighted by Crippen LogP contribution is 2.25. The fourth-order valence-electron chi connectivity index (χ4n) is 1.67. The van der Waals surface area contributed by atoms with E-state index in [1.807, 2.05) is 19.1 Å². The molecule has 0 saturated heterocycles. The van der Waals surface area contributed by atoms with Crippen LogP contribution in [0.2, 0.25) is 0 Å². The number of amides is 1. The second-order valence-corrected chi connectivity index (χ2v) is 3.99. The second-order valence-electron chi connectivity index (χ2n) is 3.99. The molecular weight excluding hydrogens is 208 g/mol. The molecule has 1 aromatic rings. The summed E-state index contributed by atoms with van der Waals surface area (Å²) in [5.74, 6) is 0.740. The van der Waals surface area contributed by atoms with Gasteiger partial charge in [0, 0.05) is 24.6 Å². The van der Waals surface area contributed by atoms with Crippen molar-refractivity contribution >= 4 is 6.09 Å². The number of hydrogen-bond donors (Lipinski definition) is 2. The normalized spacial score (nSPS) is 23.3. The molecule has 0 atom stereocenters. The average Bonchev–Trinajstić information content (AvgIpc) is 2.17. The Morgan fingerprint density at radius 3 is 2.88 bits per heavy atom. The zero-order valence-corrected chi connectivity index (χ0v) is 9.01. The van der Waals surface area contributed by atoms with Gasteiger partial charge in [0.1, 0.15) is 11.9 Å². The van der Waals surface area contributed by atoms with Crippen LogP contribution in [0, 0.1) is 6.92 Å². The van der Waals surface area contributed by atoms with E-state index in [1.54, 1.807) is 6.20 Å². The molecule has 1 fully saturated rings. The van der Waals surface area contributed by atoms with Crippen molar-refractivity contribution in [2.45, 2.75) is 31.9 Å². The molecule has 5 heteroatoms. The van der Waals surface area contributed by atoms with Gasteiger partial charge in [-0.05, 0) is 19.1 Å². The number of nitrogens with one attached hydrogen (secondary N) is 1. The van der Waals surface area contributed by atoms with E-state index >= 15 is 0 Å². The summed E-state index contributed by atoms with van der Waals surface area (Å²) < 4.78 is 5.62. The number of nitrogens with zero attached hydrogens (tertiary/aromatic N) is 1. The number of ether oxygens (including phenoxy) is 1. The first-order chi connectivity index (χ1) is 7.63. The minimum absolute atomic E-state index is 0.0286. The topological polar surface area (TPSA) is 71.5 Å². The maximum atomic E-state index is 10.3. The van der Waals surface area contributed by atoms with E-state index in [0.29, 0.717) is 0 Å². The maximum absolute atomic E-state index is 10.3. The molecule has 2 rings (SSSR count). The van der Waals surface area contributed by atoms with Crippen LogP contribution >= 0.6 is 0 Å². The van der Waals surface area contributed by atoms with E-state index in [9.17, 15) is 4.79 Å². The minimum atomic E-state index is -0.972. The number of hydrogen-bond acceptors (Lipinski definition) is 3. The molecule has 0 bridgehead atoms. The molecule has 1 aliphatic carbocycles. The van der Waals surface area contributed by atoms with Crippen LogP contribution < -0.4 is 10.1 Å². The third-order valence-corrected chi connectivity index (χ3v) is 2.61. The summed E-state index contributed by atoms with van der Waals surface area (Å²) in [6.07, 6.45) is 2.26. The Hall–Kier alpha value is -1.78. The van der Waals surface area contributed by atoms with Crippen LogP contribution in [0.15, 0.2) is 18.3 Å². The first-order valence-electron chi connectivity index (χ1n) is 5.22. The van der Waals surface area contributed by atoms with E-state index in [0.717, 1.165) is 24.3 Å². The summed E-state index contributed by atoms with van der Waals surface area (Å²) in [6.45, 7) is 1.92. The zero-order valence-electron chi connectivity index (χ0n) is 9.01. The van der Waals surface area contributed by atoms with Crippen LogP contribution in [0.3, 0.4) is 0 Å². The molecule has 1 aromatic heterocycles. The number of aryl methyl sites for hydroxylation is 1. The quantitative estimate of drug-likeness (QED) is 0.814. The fraction of sp³-hybridized carbons (Fsp3) is 0.455. The number of carbonyl (C=O) groups is 1. The summed E-state index contributed by atoms with van der Waals surface area (Å²) in [5, 5.41) is 10.9. The number of pyridine rings is 1. The lowest BCUT2D eigenvalue weighted by atomic mass is 9.89. The molecule has 1 heterocycles. The Balaban J connectivity index is 1.77. The fourth-order valence-corrected chi connectivity index (χ4v) is 1.67. The van der Waals surface area contributed by atoms with Crippen LogP contribution in [0.4, 0.5) is 4.79 Å². The van der Waals surface area contributed by atoms with E-state index in [-0.39, 0.29) is 12.1 Å². The van der Waals surface area contributed by atoms with Gasteiger partial charge in [0.15, 0.2) is 0 Å². The highest BCUT2D eigenvalue weighted by Gasteiger charge is 2.31. The molecule has 0 aromatic carbocycles. The Morgan fingerprint density at radius 2 is 2.31 bits per heavy atom. The molecule has 0 aliphatic heterocycles. The lowest BCUT2D eigenvalue weighted by Gasteiger charge is -2.34. The third-order valence-electron chi connectivity index (χ3n) is 2.61. The van der Waals surface area contributed by atoms with Crippen LogP contribution in [-0.4, -0.2) is 28.3 Å². The summed E-state index contributed by atoms with van der Waals surface area (Å²) in [5.41, 5.74) is 0.950. The van der Waals surface area contributed by atoms with Crippen molar-refractivity contribution < 1.29 is 14.6 Å². The van der Waals surface area contributed by atoms with Crippen molar-refractivity contribution in [3.63, 3.8) is 0 Å². The molecule has 2 N–H and O–H groups in total. The van der Waals surface area contributed by atoms with Crippen molar-refractivity contribution in [2.24, 2.45) is 0 Å². The molecule has 86 valence electrons. The van der Waals surface area contributed by atoms with Crippen molar-refractivity contribution in [3.05, 3.63) is 24.0 Å². The van der Waals surface area contributed by atoms with Gasteiger partial charge in [0.05, 0.1) is 6.20 Å². The van der Waals surface area contributed by atoms with E-state index < -0.39 is 6.09 Å². The molecule has 1 aliphatic rings. The molecule has 0 radical (unpaired) electrons. The van der Waals surface area contributed by atoms with Gasteiger partial charge in [-0.3, -0.25) is 4.98 Å². The SMILES string of the molecule is Cc1ccc(OC2CC(NC(=O)O)C2)cn1. The van der Waals surface area contributed by atoms with Gasteiger partial charge in [-0.15, -0.1) is 0 Å². The largest absolute Gasteiger partial charge is 0.489 e. The number of rotatable bonds is 3. The van der Waals surface area contributed by atoms with Crippen molar-refractivity contribution in [1.29, 1.82) is 0 Å². The van der Waals surface area contributed by atoms with E-state index in [1.165, 1.54) is 0 Å². The standard InChI is InChI=1S/C11H14N2O3/c1-7-2-3-9(6-12-7)16-10-4-8(5-10)13-11(14)15/h2-3,6,8,10,13H,4-5H2,1H3,(H,14,15). The lowest BCUT2D eigenvalue weighted by molar-refractivity contribution is 0.0830. The predicted molar refractivity (Wildman–Crippen MR) is 57.6 cm³/mol. The van der Waals surface area contributed by atoms with Gasteiger partial charge >= 0.3 is 6.09 Å². The maximum Gasteiger partial charge on any atom is 0.404 e. The van der Waals surface area contributed by atoms with Gasteiger partial charge in [0.25, 0.3) is 0 Å². The molecule has 1 saturated carbocycles. The average molecular weight is 222 g/mol. The van der Waals surface area contributed by atoms with Gasteiger partial charge in [-0.1, -0.05) is 0 Å². The van der Waals surface area contributed by atoms with Gasteiger partial charge in [0.2, 0.25) is 0 Å². The number of carboxylic acid groups (broad SMARTS) is 1. The molecule has 0 unspecified atom stereocenters. The molecular formula is C11H14N2O3. The smallest absolute Gasteiger partial charge is 0.404 e. The predicted octanol–water partition coefficient (Wildman–Crippen LogP) is 1.57. The van der Waals surface area contributed by atoms with Crippen molar-refractivity contribution in [2.75, 3.05) is 0 Å². The highest BCUT2D eigenvalue weighted by atomic mass is 16.5. The third kappa shape index (κ3) is 2.62. The van der Waals surface area contributed by atoms with Gasteiger partial charge < -0.3 is 15.2 Å². The van der Waals surface area contributed by atoms with Gasteiger partial charge in [-0.2, -0.15) is 0 Å². The van der Waals surface area contributed by atoms with E-state index in [4.69, 9.17) is 9.84 Å². The molecule has 16 heavy (non-hydrogen) atoms. The lowest BCUT2D eigenvalue weighted by Crippen LogP contribution is -2.48. The Morgan fingerprint density at radius 1 is 1.56 bits per heavy atom. The summed E-state index contributed by atoms with van der Waals surface area (Å²) in [6, 6.07) is 3.79. The molecule has 1 amide bonds. The Kier molecular flexibility index (Phi) is 2.94. The molecule has 5 nitrogen and oxygen atoms in total. The number of aromatic nitrogens is 1. The molecule has 0 spiro atoms. The highest BCUT2D eigenvalue weighted by molar-refractivity contribution is 5.65. The first-order valence-corrected chi connectivity index (χ1v) is 5.22. The summed E-state index contributed by atoms with van der Waals surface area (Å²) >= 11 is 0.